The quantitative estimate of drug-likeness (QED) is 0.618. The molecular weight excluding hydrogens is 454 g/mol. The van der Waals surface area contributed by atoms with Crippen molar-refractivity contribution >= 4 is 21.6 Å². The van der Waals surface area contributed by atoms with Gasteiger partial charge in [-0.15, -0.1) is 0 Å². The molecule has 32 heavy (non-hydrogen) atoms. The van der Waals surface area contributed by atoms with Crippen LogP contribution in [-0.2, 0) is 22.5 Å². The summed E-state index contributed by atoms with van der Waals surface area (Å²) in [5, 5.41) is 10.8. The fourth-order valence-electron chi connectivity index (χ4n) is 3.99. The number of halogens is 4. The Morgan fingerprint density at radius 1 is 1.34 bits per heavy atom. The maximum Gasteiger partial charge on any atom is 0.289 e. The molecule has 0 aromatic carbocycles. The van der Waals surface area contributed by atoms with Gasteiger partial charge < -0.3 is 5.32 Å². The molecule has 1 aliphatic carbocycles. The van der Waals surface area contributed by atoms with Crippen molar-refractivity contribution in [1.82, 2.24) is 14.8 Å². The summed E-state index contributed by atoms with van der Waals surface area (Å²) >= 11 is 0. The monoisotopic (exact) mass is 477 g/mol. The molecule has 1 unspecified atom stereocenters. The van der Waals surface area contributed by atoms with Crippen LogP contribution in [0.25, 0.3) is 0 Å². The van der Waals surface area contributed by atoms with Crippen molar-refractivity contribution < 1.29 is 30.8 Å². The Morgan fingerprint density at radius 3 is 2.53 bits per heavy atom. The molecule has 3 rings (SSSR count). The van der Waals surface area contributed by atoms with Crippen molar-refractivity contribution in [2.24, 2.45) is 10.6 Å². The molecule has 1 amide bonds. The first-order valence-corrected chi connectivity index (χ1v) is 11.2. The molecule has 0 aliphatic heterocycles. The number of hydrogen-bond donors (Lipinski definition) is 2. The maximum absolute atomic E-state index is 14.1. The van der Waals surface area contributed by atoms with Crippen molar-refractivity contribution in [1.29, 1.82) is 0 Å². The molecule has 0 saturated heterocycles. The van der Waals surface area contributed by atoms with E-state index in [1.807, 2.05) is 0 Å². The average Bonchev–Trinajstić information content (AvgIpc) is 3.09. The molecule has 1 fully saturated rings. The van der Waals surface area contributed by atoms with Gasteiger partial charge in [0.2, 0.25) is 5.92 Å². The lowest BCUT2D eigenvalue weighted by molar-refractivity contribution is -0.00489. The first kappa shape index (κ1) is 24.1. The molecule has 8 nitrogen and oxygen atoms in total. The van der Waals surface area contributed by atoms with Crippen LogP contribution in [0.2, 0.25) is 0 Å². The number of rotatable bonds is 6. The zero-order valence-corrected chi connectivity index (χ0v) is 18.4. The summed E-state index contributed by atoms with van der Waals surface area (Å²) in [5.41, 5.74) is -1.93. The number of anilines is 1. The van der Waals surface area contributed by atoms with E-state index in [4.69, 9.17) is 5.14 Å². The van der Waals surface area contributed by atoms with Crippen LogP contribution in [0, 0.1) is 12.3 Å². The number of aromatic nitrogens is 3. The van der Waals surface area contributed by atoms with Gasteiger partial charge in [-0.1, -0.05) is 6.92 Å². The molecule has 1 atom stereocenters. The minimum Gasteiger partial charge on any atom is -0.321 e. The fourth-order valence-corrected chi connectivity index (χ4v) is 4.48. The highest BCUT2D eigenvalue weighted by Gasteiger charge is 2.47. The van der Waals surface area contributed by atoms with Crippen molar-refractivity contribution in [3.8, 4) is 0 Å². The zero-order chi connectivity index (χ0) is 24.1. The predicted molar refractivity (Wildman–Crippen MR) is 107 cm³/mol. The van der Waals surface area contributed by atoms with E-state index in [1.54, 1.807) is 6.92 Å². The maximum atomic E-state index is 14.1. The third-order valence-corrected chi connectivity index (χ3v) is 6.22. The van der Waals surface area contributed by atoms with Gasteiger partial charge in [0, 0.05) is 49.8 Å². The zero-order valence-electron chi connectivity index (χ0n) is 17.6. The highest BCUT2D eigenvalue weighted by atomic mass is 32.2. The Labute approximate surface area is 182 Å². The Balaban J connectivity index is 1.99. The second-order valence-electron chi connectivity index (χ2n) is 8.59. The van der Waals surface area contributed by atoms with Crippen molar-refractivity contribution in [3.05, 3.63) is 35.3 Å². The number of nitrogens with zero attached hydrogens (tertiary/aromatic N) is 3. The molecule has 2 aromatic heterocycles. The van der Waals surface area contributed by atoms with Crippen molar-refractivity contribution in [2.45, 2.75) is 63.4 Å². The molecule has 176 valence electrons. The summed E-state index contributed by atoms with van der Waals surface area (Å²) in [6, 6.07) is 2.30. The number of hydrogen-bond acceptors (Lipinski definition) is 5. The third kappa shape index (κ3) is 5.09. The van der Waals surface area contributed by atoms with Crippen molar-refractivity contribution in [3.63, 3.8) is 0 Å². The molecular formula is C19H23F4N5O3S. The molecule has 13 heteroatoms. The standard InChI is InChI=1S/C19H23F4N5O3S/c1-11-14(16(29)26-12-4-7-25-13(8-12)32(24,30)31)28(27-15(11)18(3,20)21)10-17(2)5-6-19(22,23)9-17/h4,7-8H,5-6,9-10H2,1-3H3,(H2,24,30,31)(H,25,26,29). The number of primary sulfonamides is 1. The van der Waals surface area contributed by atoms with Gasteiger partial charge in [0.15, 0.2) is 5.03 Å². The molecule has 0 radical (unpaired) electrons. The van der Waals surface area contributed by atoms with E-state index in [1.165, 1.54) is 13.0 Å². The van der Waals surface area contributed by atoms with E-state index < -0.39 is 50.3 Å². The lowest BCUT2D eigenvalue weighted by atomic mass is 9.88. The summed E-state index contributed by atoms with van der Waals surface area (Å²) in [6.45, 7) is 3.35. The lowest BCUT2D eigenvalue weighted by Crippen LogP contribution is -2.27. The summed E-state index contributed by atoms with van der Waals surface area (Å²) in [6.07, 6.45) is 0.446. The third-order valence-electron chi connectivity index (χ3n) is 5.42. The van der Waals surface area contributed by atoms with Gasteiger partial charge in [0.1, 0.15) is 11.4 Å². The molecule has 1 aliphatic rings. The number of nitrogens with two attached hydrogens (primary N) is 1. The second kappa shape index (κ2) is 7.80. The number of sulfonamides is 1. The molecule has 2 heterocycles. The van der Waals surface area contributed by atoms with Crippen LogP contribution in [0.5, 0.6) is 0 Å². The first-order valence-electron chi connectivity index (χ1n) is 9.65. The van der Waals surface area contributed by atoms with E-state index in [0.717, 1.165) is 16.9 Å². The number of alkyl halides is 4. The van der Waals surface area contributed by atoms with Crippen molar-refractivity contribution in [2.75, 3.05) is 5.32 Å². The molecule has 2 aromatic rings. The first-order chi connectivity index (χ1) is 14.5. The van der Waals surface area contributed by atoms with Gasteiger partial charge in [-0.25, -0.2) is 27.3 Å². The number of nitrogens with one attached hydrogen (secondary N) is 1. The van der Waals surface area contributed by atoms with E-state index in [2.05, 4.69) is 15.4 Å². The summed E-state index contributed by atoms with van der Waals surface area (Å²) in [7, 11) is -4.14. The van der Waals surface area contributed by atoms with Crippen LogP contribution < -0.4 is 10.5 Å². The Kier molecular flexibility index (Phi) is 5.88. The van der Waals surface area contributed by atoms with Gasteiger partial charge >= 0.3 is 0 Å². The molecule has 0 spiro atoms. The SMILES string of the molecule is Cc1c(C(C)(F)F)nn(CC2(C)CCC(F)(F)C2)c1C(=O)Nc1ccnc(S(N)(=O)=O)c1. The minimum atomic E-state index is -4.14. The number of amides is 1. The number of pyridine rings is 1. The Morgan fingerprint density at radius 2 is 2.00 bits per heavy atom. The summed E-state index contributed by atoms with van der Waals surface area (Å²) < 4.78 is 79.8. The normalized spacial score (nSPS) is 21.0. The van der Waals surface area contributed by atoms with Crippen LogP contribution in [0.3, 0.4) is 0 Å². The molecule has 0 bridgehead atoms. The van der Waals surface area contributed by atoms with Gasteiger partial charge in [0.05, 0.1) is 0 Å². The smallest absolute Gasteiger partial charge is 0.289 e. The number of carbonyl (C=O) groups is 1. The highest BCUT2D eigenvalue weighted by Crippen LogP contribution is 2.48. The van der Waals surface area contributed by atoms with Crippen LogP contribution in [0.1, 0.15) is 54.9 Å². The summed E-state index contributed by atoms with van der Waals surface area (Å²) in [4.78, 5) is 16.6. The number of carbonyl (C=O) groups excluding carboxylic acids is 1. The largest absolute Gasteiger partial charge is 0.321 e. The van der Waals surface area contributed by atoms with E-state index in [0.29, 0.717) is 6.92 Å². The fraction of sp³-hybridized carbons (Fsp3) is 0.526. The van der Waals surface area contributed by atoms with Crippen LogP contribution in [-0.4, -0.2) is 35.0 Å². The van der Waals surface area contributed by atoms with Gasteiger partial charge in [-0.2, -0.15) is 13.9 Å². The minimum absolute atomic E-state index is 0.00425. The van der Waals surface area contributed by atoms with E-state index in [9.17, 15) is 30.8 Å². The van der Waals surface area contributed by atoms with Crippen LogP contribution in [0.4, 0.5) is 23.2 Å². The molecule has 3 N–H and O–H groups in total. The molecule has 1 saturated carbocycles. The summed E-state index contributed by atoms with van der Waals surface area (Å²) in [5.74, 6) is -7.11. The van der Waals surface area contributed by atoms with Gasteiger partial charge in [-0.05, 0) is 24.8 Å². The van der Waals surface area contributed by atoms with Gasteiger partial charge in [-0.3, -0.25) is 9.48 Å². The Hall–Kier alpha value is -2.54. The van der Waals surface area contributed by atoms with Crippen LogP contribution in [0.15, 0.2) is 23.4 Å². The van der Waals surface area contributed by atoms with Crippen LogP contribution >= 0.6 is 0 Å². The van der Waals surface area contributed by atoms with Gasteiger partial charge in [0.25, 0.3) is 21.9 Å². The topological polar surface area (TPSA) is 120 Å². The lowest BCUT2D eigenvalue weighted by Gasteiger charge is -2.24. The highest BCUT2D eigenvalue weighted by molar-refractivity contribution is 7.89. The van der Waals surface area contributed by atoms with E-state index >= 15 is 0 Å². The Bertz CT molecular complexity index is 1160. The predicted octanol–water partition coefficient (Wildman–Crippen LogP) is 3.42. The second-order valence-corrected chi connectivity index (χ2v) is 10.1. The van der Waals surface area contributed by atoms with E-state index in [-0.39, 0.29) is 36.3 Å². The average molecular weight is 477 g/mol.